The number of anilines is 1. The van der Waals surface area contributed by atoms with Crippen LogP contribution in [0.1, 0.15) is 16.8 Å². The van der Waals surface area contributed by atoms with Gasteiger partial charge < -0.3 is 10.6 Å². The maximum atomic E-state index is 12.5. The molecule has 2 N–H and O–H groups in total. The molecule has 0 unspecified atom stereocenters. The van der Waals surface area contributed by atoms with Gasteiger partial charge in [0.05, 0.1) is 11.5 Å². The minimum atomic E-state index is -3.04. The maximum Gasteiger partial charge on any atom is 0.254 e. The zero-order valence-corrected chi connectivity index (χ0v) is 12.0. The highest BCUT2D eigenvalue weighted by molar-refractivity contribution is 7.91. The summed E-state index contributed by atoms with van der Waals surface area (Å²) in [7, 11) is -3.04. The highest BCUT2D eigenvalue weighted by Crippen LogP contribution is 2.20. The lowest BCUT2D eigenvalue weighted by molar-refractivity contribution is 0.0720. The minimum absolute atomic E-state index is 0.0227. The van der Waals surface area contributed by atoms with E-state index in [1.54, 1.807) is 35.2 Å². The van der Waals surface area contributed by atoms with Crippen LogP contribution < -0.4 is 5.73 Å². The smallest absolute Gasteiger partial charge is 0.254 e. The standard InChI is InChI=1S/C14H18N2O3S/c1-2-7-16(13-6-8-20(18,19)10-13)14(17)11-4-3-5-12(15)9-11/h2-5,9,13H,1,6-8,10,15H2/t13-/m1/s1. The second kappa shape index (κ2) is 5.66. The highest BCUT2D eigenvalue weighted by atomic mass is 32.2. The van der Waals surface area contributed by atoms with E-state index >= 15 is 0 Å². The van der Waals surface area contributed by atoms with E-state index in [0.717, 1.165) is 0 Å². The van der Waals surface area contributed by atoms with E-state index in [-0.39, 0.29) is 23.5 Å². The molecule has 1 fully saturated rings. The van der Waals surface area contributed by atoms with E-state index in [1.807, 2.05) is 0 Å². The van der Waals surface area contributed by atoms with Crippen molar-refractivity contribution in [3.05, 3.63) is 42.5 Å². The van der Waals surface area contributed by atoms with Gasteiger partial charge in [-0.25, -0.2) is 8.42 Å². The Hall–Kier alpha value is -1.82. The molecule has 0 radical (unpaired) electrons. The number of nitrogen functional groups attached to an aromatic ring is 1. The van der Waals surface area contributed by atoms with E-state index in [0.29, 0.717) is 24.2 Å². The van der Waals surface area contributed by atoms with Crippen molar-refractivity contribution in [3.8, 4) is 0 Å². The van der Waals surface area contributed by atoms with Gasteiger partial charge in [-0.2, -0.15) is 0 Å². The van der Waals surface area contributed by atoms with E-state index < -0.39 is 9.84 Å². The van der Waals surface area contributed by atoms with Crippen molar-refractivity contribution in [2.45, 2.75) is 12.5 Å². The third kappa shape index (κ3) is 3.19. The Kier molecular flexibility index (Phi) is 4.13. The fraction of sp³-hybridized carbons (Fsp3) is 0.357. The second-order valence-electron chi connectivity index (χ2n) is 4.93. The van der Waals surface area contributed by atoms with Gasteiger partial charge in [0.2, 0.25) is 0 Å². The molecule has 1 heterocycles. The normalized spacial score (nSPS) is 20.5. The summed E-state index contributed by atoms with van der Waals surface area (Å²) in [5.74, 6) is -0.0518. The van der Waals surface area contributed by atoms with Gasteiger partial charge in [-0.15, -0.1) is 6.58 Å². The topological polar surface area (TPSA) is 80.5 Å². The van der Waals surface area contributed by atoms with Crippen molar-refractivity contribution in [1.82, 2.24) is 4.90 Å². The molecule has 1 aromatic carbocycles. The zero-order valence-electron chi connectivity index (χ0n) is 11.2. The first kappa shape index (κ1) is 14.6. The summed E-state index contributed by atoms with van der Waals surface area (Å²) in [6.07, 6.45) is 2.08. The van der Waals surface area contributed by atoms with Crippen molar-refractivity contribution >= 4 is 21.4 Å². The summed E-state index contributed by atoms with van der Waals surface area (Å²) < 4.78 is 23.2. The lowest BCUT2D eigenvalue weighted by atomic mass is 10.1. The molecule has 1 aliphatic heterocycles. The Morgan fingerprint density at radius 2 is 2.25 bits per heavy atom. The first-order chi connectivity index (χ1) is 9.43. The Bertz CT molecular complexity index is 625. The summed E-state index contributed by atoms with van der Waals surface area (Å²) in [5.41, 5.74) is 6.66. The number of nitrogens with two attached hydrogens (primary N) is 1. The lowest BCUT2D eigenvalue weighted by Crippen LogP contribution is -2.41. The van der Waals surface area contributed by atoms with Crippen molar-refractivity contribution < 1.29 is 13.2 Å². The van der Waals surface area contributed by atoms with Crippen LogP contribution in [0.2, 0.25) is 0 Å². The van der Waals surface area contributed by atoms with E-state index in [1.165, 1.54) is 0 Å². The number of amides is 1. The monoisotopic (exact) mass is 294 g/mol. The summed E-state index contributed by atoms with van der Waals surface area (Å²) >= 11 is 0. The number of hydrogen-bond acceptors (Lipinski definition) is 4. The molecule has 5 nitrogen and oxygen atoms in total. The zero-order chi connectivity index (χ0) is 14.8. The molecule has 6 heteroatoms. The number of sulfone groups is 1. The lowest BCUT2D eigenvalue weighted by Gasteiger charge is -2.27. The molecule has 2 rings (SSSR count). The molecule has 0 spiro atoms. The molecule has 1 atom stereocenters. The van der Waals surface area contributed by atoms with Gasteiger partial charge in [0.25, 0.3) is 5.91 Å². The molecule has 1 aromatic rings. The maximum absolute atomic E-state index is 12.5. The number of rotatable bonds is 4. The summed E-state index contributed by atoms with van der Waals surface area (Å²) in [6, 6.07) is 6.40. The van der Waals surface area contributed by atoms with Crippen LogP contribution in [-0.2, 0) is 9.84 Å². The molecular weight excluding hydrogens is 276 g/mol. The van der Waals surface area contributed by atoms with Crippen molar-refractivity contribution in [3.63, 3.8) is 0 Å². The van der Waals surface area contributed by atoms with Crippen LogP contribution in [0.4, 0.5) is 5.69 Å². The van der Waals surface area contributed by atoms with Gasteiger partial charge in [-0.1, -0.05) is 12.1 Å². The summed E-state index contributed by atoms with van der Waals surface area (Å²) in [5, 5.41) is 0. The van der Waals surface area contributed by atoms with E-state index in [9.17, 15) is 13.2 Å². The number of hydrogen-bond donors (Lipinski definition) is 1. The fourth-order valence-electron chi connectivity index (χ4n) is 2.40. The second-order valence-corrected chi connectivity index (χ2v) is 7.16. The first-order valence-electron chi connectivity index (χ1n) is 6.41. The number of benzene rings is 1. The van der Waals surface area contributed by atoms with Crippen LogP contribution in [0, 0.1) is 0 Å². The highest BCUT2D eigenvalue weighted by Gasteiger charge is 2.34. The number of nitrogens with zero attached hydrogens (tertiary/aromatic N) is 1. The molecule has 20 heavy (non-hydrogen) atoms. The predicted molar refractivity (Wildman–Crippen MR) is 79.1 cm³/mol. The third-order valence-corrected chi connectivity index (χ3v) is 5.12. The number of carbonyl (C=O) groups is 1. The van der Waals surface area contributed by atoms with Crippen molar-refractivity contribution in [2.24, 2.45) is 0 Å². The van der Waals surface area contributed by atoms with Crippen LogP contribution in [-0.4, -0.2) is 43.3 Å². The average Bonchev–Trinajstić information content (AvgIpc) is 2.75. The molecule has 0 aliphatic carbocycles. The Morgan fingerprint density at radius 3 is 2.80 bits per heavy atom. The Morgan fingerprint density at radius 1 is 1.50 bits per heavy atom. The molecule has 108 valence electrons. The summed E-state index contributed by atoms with van der Waals surface area (Å²) in [6.45, 7) is 3.96. The van der Waals surface area contributed by atoms with Gasteiger partial charge in [-0.05, 0) is 24.6 Å². The number of carbonyl (C=O) groups excluding carboxylic acids is 1. The van der Waals surface area contributed by atoms with E-state index in [4.69, 9.17) is 5.73 Å². The third-order valence-electron chi connectivity index (χ3n) is 3.37. The van der Waals surface area contributed by atoms with Gasteiger partial charge in [0.1, 0.15) is 0 Å². The first-order valence-corrected chi connectivity index (χ1v) is 8.23. The van der Waals surface area contributed by atoms with Gasteiger partial charge in [-0.3, -0.25) is 4.79 Å². The summed E-state index contributed by atoms with van der Waals surface area (Å²) in [4.78, 5) is 14.1. The average molecular weight is 294 g/mol. The van der Waals surface area contributed by atoms with Crippen LogP contribution in [0.25, 0.3) is 0 Å². The molecule has 0 aromatic heterocycles. The molecule has 1 aliphatic rings. The largest absolute Gasteiger partial charge is 0.399 e. The van der Waals surface area contributed by atoms with Gasteiger partial charge in [0, 0.05) is 23.8 Å². The van der Waals surface area contributed by atoms with Crippen LogP contribution in [0.15, 0.2) is 36.9 Å². The van der Waals surface area contributed by atoms with Gasteiger partial charge in [0.15, 0.2) is 9.84 Å². The molecular formula is C14H18N2O3S. The van der Waals surface area contributed by atoms with Crippen molar-refractivity contribution in [1.29, 1.82) is 0 Å². The van der Waals surface area contributed by atoms with E-state index in [2.05, 4.69) is 6.58 Å². The predicted octanol–water partition coefficient (Wildman–Crippen LogP) is 1.08. The minimum Gasteiger partial charge on any atom is -0.399 e. The van der Waals surface area contributed by atoms with Gasteiger partial charge >= 0.3 is 0 Å². The molecule has 1 saturated heterocycles. The van der Waals surface area contributed by atoms with Crippen molar-refractivity contribution in [2.75, 3.05) is 23.8 Å². The molecule has 0 bridgehead atoms. The molecule has 1 amide bonds. The quantitative estimate of drug-likeness (QED) is 0.665. The molecule has 0 saturated carbocycles. The van der Waals surface area contributed by atoms with Crippen LogP contribution >= 0.6 is 0 Å². The Balaban J connectivity index is 2.25. The van der Waals surface area contributed by atoms with Crippen LogP contribution in [0.5, 0.6) is 0 Å². The fourth-order valence-corrected chi connectivity index (χ4v) is 4.13. The Labute approximate surface area is 119 Å². The van der Waals surface area contributed by atoms with Crippen LogP contribution in [0.3, 0.4) is 0 Å². The SMILES string of the molecule is C=CCN(C(=O)c1cccc(N)c1)[C@@H]1CCS(=O)(=O)C1.